The summed E-state index contributed by atoms with van der Waals surface area (Å²) in [5.74, 6) is 0.868. The van der Waals surface area contributed by atoms with Gasteiger partial charge < -0.3 is 14.4 Å². The van der Waals surface area contributed by atoms with E-state index in [-0.39, 0.29) is 12.0 Å². The molecule has 6 nitrogen and oxygen atoms in total. The van der Waals surface area contributed by atoms with Crippen molar-refractivity contribution in [3.05, 3.63) is 48.3 Å². The molecule has 6 heteroatoms. The molecule has 1 aromatic heterocycles. The molecule has 1 saturated heterocycles. The first-order valence-corrected chi connectivity index (χ1v) is 8.09. The van der Waals surface area contributed by atoms with Crippen LogP contribution in [0.3, 0.4) is 0 Å². The van der Waals surface area contributed by atoms with Crippen LogP contribution in [0.25, 0.3) is 0 Å². The Morgan fingerprint density at radius 3 is 2.92 bits per heavy atom. The second-order valence-electron chi connectivity index (χ2n) is 5.78. The maximum absolute atomic E-state index is 12.6. The quantitative estimate of drug-likeness (QED) is 0.841. The summed E-state index contributed by atoms with van der Waals surface area (Å²) in [7, 11) is 1.62. The maximum Gasteiger partial charge on any atom is 0.316 e. The number of hydrogen-bond acceptors (Lipinski definition) is 5. The number of likely N-dealkylation sites (tertiary alicyclic amines) is 1. The van der Waals surface area contributed by atoms with Crippen molar-refractivity contribution < 1.29 is 14.3 Å². The van der Waals surface area contributed by atoms with Crippen LogP contribution in [0.2, 0.25) is 0 Å². The molecule has 0 aliphatic carbocycles. The molecule has 0 spiro atoms. The summed E-state index contributed by atoms with van der Waals surface area (Å²) in [6.45, 7) is 1.33. The average molecular weight is 327 g/mol. The molecule has 24 heavy (non-hydrogen) atoms. The normalized spacial score (nSPS) is 17.4. The SMILES string of the molecule is COc1cccc(CC(=O)N2CCCC(Oc3ncccn3)C2)c1. The second kappa shape index (κ2) is 7.77. The van der Waals surface area contributed by atoms with Crippen LogP contribution in [-0.2, 0) is 11.2 Å². The fourth-order valence-corrected chi connectivity index (χ4v) is 2.83. The molecule has 1 aliphatic heterocycles. The highest BCUT2D eigenvalue weighted by Gasteiger charge is 2.25. The van der Waals surface area contributed by atoms with E-state index in [0.717, 1.165) is 30.7 Å². The second-order valence-corrected chi connectivity index (χ2v) is 5.78. The van der Waals surface area contributed by atoms with Gasteiger partial charge in [0.1, 0.15) is 11.9 Å². The van der Waals surface area contributed by atoms with Gasteiger partial charge in [-0.25, -0.2) is 9.97 Å². The van der Waals surface area contributed by atoms with Crippen molar-refractivity contribution in [2.24, 2.45) is 0 Å². The standard InChI is InChI=1S/C18H21N3O3/c1-23-15-6-2-5-14(11-15)12-17(22)21-10-3-7-16(13-21)24-18-19-8-4-9-20-18/h2,4-6,8-9,11,16H,3,7,10,12-13H2,1H3. The van der Waals surface area contributed by atoms with Crippen LogP contribution in [0.1, 0.15) is 18.4 Å². The maximum atomic E-state index is 12.6. The number of piperidine rings is 1. The van der Waals surface area contributed by atoms with E-state index in [1.165, 1.54) is 0 Å². The fourth-order valence-electron chi connectivity index (χ4n) is 2.83. The number of ether oxygens (including phenoxy) is 2. The minimum atomic E-state index is -0.0598. The third-order valence-corrected chi connectivity index (χ3v) is 4.03. The van der Waals surface area contributed by atoms with E-state index < -0.39 is 0 Å². The Labute approximate surface area is 141 Å². The monoisotopic (exact) mass is 327 g/mol. The van der Waals surface area contributed by atoms with Crippen molar-refractivity contribution in [1.82, 2.24) is 14.9 Å². The predicted molar refractivity (Wildman–Crippen MR) is 89.0 cm³/mol. The predicted octanol–water partition coefficient (Wildman–Crippen LogP) is 2.10. The Morgan fingerprint density at radius 2 is 2.12 bits per heavy atom. The van der Waals surface area contributed by atoms with Crippen molar-refractivity contribution in [2.75, 3.05) is 20.2 Å². The van der Waals surface area contributed by atoms with E-state index in [2.05, 4.69) is 9.97 Å². The number of benzene rings is 1. The zero-order valence-corrected chi connectivity index (χ0v) is 13.7. The molecular weight excluding hydrogens is 306 g/mol. The van der Waals surface area contributed by atoms with Crippen LogP contribution in [-0.4, -0.2) is 47.1 Å². The average Bonchev–Trinajstić information content (AvgIpc) is 2.63. The van der Waals surface area contributed by atoms with E-state index >= 15 is 0 Å². The van der Waals surface area contributed by atoms with Gasteiger partial charge in [-0.3, -0.25) is 4.79 Å². The number of amides is 1. The van der Waals surface area contributed by atoms with Gasteiger partial charge in [-0.1, -0.05) is 12.1 Å². The van der Waals surface area contributed by atoms with E-state index in [1.54, 1.807) is 25.6 Å². The highest BCUT2D eigenvalue weighted by molar-refractivity contribution is 5.79. The van der Waals surface area contributed by atoms with Crippen LogP contribution >= 0.6 is 0 Å². The Bertz CT molecular complexity index is 678. The Morgan fingerprint density at radius 1 is 1.29 bits per heavy atom. The minimum Gasteiger partial charge on any atom is -0.497 e. The summed E-state index contributed by atoms with van der Waals surface area (Å²) in [6, 6.07) is 9.72. The van der Waals surface area contributed by atoms with Crippen LogP contribution < -0.4 is 9.47 Å². The molecule has 0 radical (unpaired) electrons. The smallest absolute Gasteiger partial charge is 0.316 e. The molecule has 0 N–H and O–H groups in total. The molecule has 126 valence electrons. The van der Waals surface area contributed by atoms with Gasteiger partial charge in [-0.05, 0) is 36.6 Å². The first-order chi connectivity index (χ1) is 11.7. The minimum absolute atomic E-state index is 0.0598. The third-order valence-electron chi connectivity index (χ3n) is 4.03. The molecule has 1 unspecified atom stereocenters. The molecule has 0 saturated carbocycles. The zero-order valence-electron chi connectivity index (χ0n) is 13.7. The Balaban J connectivity index is 1.58. The molecule has 0 bridgehead atoms. The lowest BCUT2D eigenvalue weighted by Crippen LogP contribution is -2.45. The largest absolute Gasteiger partial charge is 0.497 e. The van der Waals surface area contributed by atoms with E-state index in [9.17, 15) is 4.79 Å². The van der Waals surface area contributed by atoms with Crippen molar-refractivity contribution >= 4 is 5.91 Å². The van der Waals surface area contributed by atoms with Gasteiger partial charge in [0.05, 0.1) is 20.1 Å². The van der Waals surface area contributed by atoms with Gasteiger partial charge in [-0.2, -0.15) is 0 Å². The van der Waals surface area contributed by atoms with Crippen LogP contribution in [0.15, 0.2) is 42.7 Å². The molecule has 1 aromatic carbocycles. The summed E-state index contributed by atoms with van der Waals surface area (Å²) in [6.07, 6.45) is 5.43. The highest BCUT2D eigenvalue weighted by Crippen LogP contribution is 2.18. The number of nitrogens with zero attached hydrogens (tertiary/aromatic N) is 3. The Kier molecular flexibility index (Phi) is 5.25. The first-order valence-electron chi connectivity index (χ1n) is 8.09. The van der Waals surface area contributed by atoms with Gasteiger partial charge in [0.25, 0.3) is 0 Å². The number of carbonyl (C=O) groups is 1. The van der Waals surface area contributed by atoms with Crippen molar-refractivity contribution in [3.8, 4) is 11.8 Å². The summed E-state index contributed by atoms with van der Waals surface area (Å²) in [4.78, 5) is 22.6. The summed E-state index contributed by atoms with van der Waals surface area (Å²) < 4.78 is 11.0. The summed E-state index contributed by atoms with van der Waals surface area (Å²) >= 11 is 0. The molecule has 1 atom stereocenters. The molecule has 1 fully saturated rings. The molecule has 1 amide bonds. The van der Waals surface area contributed by atoms with Gasteiger partial charge in [0.2, 0.25) is 5.91 Å². The van der Waals surface area contributed by atoms with E-state index in [0.29, 0.717) is 19.0 Å². The van der Waals surface area contributed by atoms with Crippen LogP contribution in [0.5, 0.6) is 11.8 Å². The van der Waals surface area contributed by atoms with Crippen molar-refractivity contribution in [1.29, 1.82) is 0 Å². The number of hydrogen-bond donors (Lipinski definition) is 0. The Hall–Kier alpha value is -2.63. The lowest BCUT2D eigenvalue weighted by molar-refractivity contribution is -0.133. The van der Waals surface area contributed by atoms with Crippen molar-refractivity contribution in [2.45, 2.75) is 25.4 Å². The third kappa shape index (κ3) is 4.22. The molecule has 2 aromatic rings. The fraction of sp³-hybridized carbons (Fsp3) is 0.389. The van der Waals surface area contributed by atoms with Gasteiger partial charge in [-0.15, -0.1) is 0 Å². The van der Waals surface area contributed by atoms with Gasteiger partial charge in [0, 0.05) is 18.9 Å². The lowest BCUT2D eigenvalue weighted by Gasteiger charge is -2.32. The van der Waals surface area contributed by atoms with Crippen LogP contribution in [0, 0.1) is 0 Å². The van der Waals surface area contributed by atoms with Crippen molar-refractivity contribution in [3.63, 3.8) is 0 Å². The number of carbonyl (C=O) groups excluding carboxylic acids is 1. The van der Waals surface area contributed by atoms with Crippen LogP contribution in [0.4, 0.5) is 0 Å². The zero-order chi connectivity index (χ0) is 16.8. The summed E-state index contributed by atoms with van der Waals surface area (Å²) in [5, 5.41) is 0. The first kappa shape index (κ1) is 16.2. The molecular formula is C18H21N3O3. The highest BCUT2D eigenvalue weighted by atomic mass is 16.5. The topological polar surface area (TPSA) is 64.5 Å². The van der Waals surface area contributed by atoms with Gasteiger partial charge in [0.15, 0.2) is 0 Å². The lowest BCUT2D eigenvalue weighted by atomic mass is 10.1. The van der Waals surface area contributed by atoms with Gasteiger partial charge >= 0.3 is 6.01 Å². The molecule has 3 rings (SSSR count). The molecule has 2 heterocycles. The number of rotatable bonds is 5. The number of methoxy groups -OCH3 is 1. The number of aromatic nitrogens is 2. The van der Waals surface area contributed by atoms with E-state index in [1.807, 2.05) is 29.2 Å². The molecule has 1 aliphatic rings. The van der Waals surface area contributed by atoms with E-state index in [4.69, 9.17) is 9.47 Å². The summed E-state index contributed by atoms with van der Waals surface area (Å²) in [5.41, 5.74) is 0.953.